The van der Waals surface area contributed by atoms with Gasteiger partial charge in [0.15, 0.2) is 0 Å². The third-order valence-electron chi connectivity index (χ3n) is 6.47. The molecule has 1 aliphatic heterocycles. The number of pyridine rings is 2. The van der Waals surface area contributed by atoms with Crippen molar-refractivity contribution in [2.45, 2.75) is 56.7 Å². The summed E-state index contributed by atoms with van der Waals surface area (Å²) in [6, 6.07) is 3.95. The Morgan fingerprint density at radius 3 is 2.83 bits per heavy atom. The van der Waals surface area contributed by atoms with Crippen molar-refractivity contribution >= 4 is 28.6 Å². The minimum atomic E-state index is -0.0500. The predicted molar refractivity (Wildman–Crippen MR) is 118 cm³/mol. The molecule has 4 rings (SSSR count). The zero-order chi connectivity index (χ0) is 20.7. The van der Waals surface area contributed by atoms with E-state index < -0.39 is 0 Å². The molecule has 29 heavy (non-hydrogen) atoms. The Labute approximate surface area is 175 Å². The van der Waals surface area contributed by atoms with Crippen LogP contribution in [0.3, 0.4) is 0 Å². The first kappa shape index (κ1) is 20.4. The van der Waals surface area contributed by atoms with E-state index in [4.69, 9.17) is 0 Å². The molecule has 0 aromatic carbocycles. The van der Waals surface area contributed by atoms with Crippen molar-refractivity contribution in [3.05, 3.63) is 39.9 Å². The lowest BCUT2D eigenvalue weighted by Gasteiger charge is -2.34. The Hall–Kier alpha value is -1.86. The van der Waals surface area contributed by atoms with Crippen LogP contribution >= 0.6 is 11.8 Å². The molecule has 2 N–H and O–H groups in total. The molecule has 1 aliphatic carbocycles. The molecule has 1 saturated heterocycles. The van der Waals surface area contributed by atoms with Crippen LogP contribution in [0.1, 0.15) is 50.3 Å². The van der Waals surface area contributed by atoms with Crippen molar-refractivity contribution in [1.29, 1.82) is 0 Å². The topological polar surface area (TPSA) is 76.0 Å². The van der Waals surface area contributed by atoms with Gasteiger partial charge in [0.2, 0.25) is 5.91 Å². The van der Waals surface area contributed by atoms with Crippen molar-refractivity contribution in [2.24, 2.45) is 18.9 Å². The second kappa shape index (κ2) is 8.11. The number of amides is 1. The lowest BCUT2D eigenvalue weighted by atomic mass is 9.71. The van der Waals surface area contributed by atoms with Gasteiger partial charge < -0.3 is 9.88 Å². The molecule has 1 amide bonds. The summed E-state index contributed by atoms with van der Waals surface area (Å²) in [5.41, 5.74) is 2.66. The van der Waals surface area contributed by atoms with Crippen LogP contribution in [0.5, 0.6) is 0 Å². The standard InChI is InChI=1S/C22H30N4O2S/c1-12-5-6-15(20(27)25-22-24-10-14(3)29-22)8-17(12)18-9-16-11-23-13(2)7-19(16)26(4)21(18)28/h7,9,11-12,14-15,17,22,24H,5-6,8,10H2,1-4H3,(H,25,27). The van der Waals surface area contributed by atoms with Crippen molar-refractivity contribution in [3.8, 4) is 0 Å². The van der Waals surface area contributed by atoms with Crippen molar-refractivity contribution in [3.63, 3.8) is 0 Å². The highest BCUT2D eigenvalue weighted by Crippen LogP contribution is 2.40. The van der Waals surface area contributed by atoms with Crippen LogP contribution in [0.2, 0.25) is 0 Å². The van der Waals surface area contributed by atoms with Gasteiger partial charge in [0.05, 0.1) is 5.52 Å². The number of rotatable bonds is 3. The van der Waals surface area contributed by atoms with Gasteiger partial charge in [0.25, 0.3) is 5.56 Å². The minimum absolute atomic E-state index is 0.00171. The van der Waals surface area contributed by atoms with Gasteiger partial charge in [-0.15, -0.1) is 11.8 Å². The van der Waals surface area contributed by atoms with Crippen LogP contribution in [0.4, 0.5) is 0 Å². The Kier molecular flexibility index (Phi) is 5.71. The van der Waals surface area contributed by atoms with E-state index in [-0.39, 0.29) is 28.8 Å². The Morgan fingerprint density at radius 2 is 2.10 bits per heavy atom. The second-order valence-electron chi connectivity index (χ2n) is 8.69. The SMILES string of the molecule is Cc1cc2c(cn1)cc(C1CC(C(=O)NC3NCC(C)S3)CCC1C)c(=O)n2C. The smallest absolute Gasteiger partial charge is 0.254 e. The maximum atomic E-state index is 13.2. The molecule has 2 aliphatic rings. The normalized spacial score (nSPS) is 29.9. The molecule has 156 valence electrons. The zero-order valence-electron chi connectivity index (χ0n) is 17.6. The Bertz CT molecular complexity index is 989. The summed E-state index contributed by atoms with van der Waals surface area (Å²) < 4.78 is 1.73. The fourth-order valence-corrected chi connectivity index (χ4v) is 5.72. The van der Waals surface area contributed by atoms with Gasteiger partial charge in [-0.2, -0.15) is 0 Å². The summed E-state index contributed by atoms with van der Waals surface area (Å²) in [4.78, 5) is 30.4. The van der Waals surface area contributed by atoms with Gasteiger partial charge in [-0.3, -0.25) is 19.9 Å². The van der Waals surface area contributed by atoms with E-state index in [0.717, 1.165) is 48.0 Å². The summed E-state index contributed by atoms with van der Waals surface area (Å²) in [6.45, 7) is 7.21. The highest BCUT2D eigenvalue weighted by atomic mass is 32.2. The number of aryl methyl sites for hydroxylation is 2. The number of nitrogens with one attached hydrogen (secondary N) is 2. The first-order valence-corrected chi connectivity index (χ1v) is 11.4. The third-order valence-corrected chi connectivity index (χ3v) is 7.66. The maximum absolute atomic E-state index is 13.2. The van der Waals surface area contributed by atoms with E-state index in [0.29, 0.717) is 11.2 Å². The molecule has 0 spiro atoms. The number of nitrogens with zero attached hydrogens (tertiary/aromatic N) is 2. The summed E-state index contributed by atoms with van der Waals surface area (Å²) in [7, 11) is 1.83. The highest BCUT2D eigenvalue weighted by Gasteiger charge is 2.35. The van der Waals surface area contributed by atoms with E-state index in [9.17, 15) is 9.59 Å². The Balaban J connectivity index is 1.59. The molecule has 2 aromatic rings. The molecule has 0 radical (unpaired) electrons. The van der Waals surface area contributed by atoms with Gasteiger partial charge in [-0.05, 0) is 50.2 Å². The monoisotopic (exact) mass is 414 g/mol. The average molecular weight is 415 g/mol. The molecule has 3 heterocycles. The van der Waals surface area contributed by atoms with Crippen molar-refractivity contribution in [2.75, 3.05) is 6.54 Å². The minimum Gasteiger partial charge on any atom is -0.332 e. The molecular weight excluding hydrogens is 384 g/mol. The van der Waals surface area contributed by atoms with Crippen molar-refractivity contribution < 1.29 is 4.79 Å². The maximum Gasteiger partial charge on any atom is 0.254 e. The largest absolute Gasteiger partial charge is 0.332 e. The number of aromatic nitrogens is 2. The molecule has 7 heteroatoms. The van der Waals surface area contributed by atoms with E-state index >= 15 is 0 Å². The quantitative estimate of drug-likeness (QED) is 0.808. The van der Waals surface area contributed by atoms with Gasteiger partial charge in [0, 0.05) is 47.6 Å². The lowest BCUT2D eigenvalue weighted by molar-refractivity contribution is -0.126. The van der Waals surface area contributed by atoms with Crippen LogP contribution in [0.15, 0.2) is 23.1 Å². The molecule has 1 saturated carbocycles. The summed E-state index contributed by atoms with van der Waals surface area (Å²) in [6.07, 6.45) is 4.40. The number of hydrogen-bond acceptors (Lipinski definition) is 5. The lowest BCUT2D eigenvalue weighted by Crippen LogP contribution is -2.44. The van der Waals surface area contributed by atoms with Gasteiger partial charge in [-0.1, -0.05) is 13.8 Å². The molecule has 6 nitrogen and oxygen atoms in total. The Morgan fingerprint density at radius 1 is 1.31 bits per heavy atom. The van der Waals surface area contributed by atoms with Gasteiger partial charge >= 0.3 is 0 Å². The number of carbonyl (C=O) groups excluding carboxylic acids is 1. The van der Waals surface area contributed by atoms with Crippen molar-refractivity contribution in [1.82, 2.24) is 20.2 Å². The fraction of sp³-hybridized carbons (Fsp3) is 0.591. The summed E-state index contributed by atoms with van der Waals surface area (Å²) in [5.74, 6) is 0.524. The average Bonchev–Trinajstić information content (AvgIpc) is 3.10. The van der Waals surface area contributed by atoms with Crippen LogP contribution in [0.25, 0.3) is 10.9 Å². The summed E-state index contributed by atoms with van der Waals surface area (Å²) >= 11 is 1.76. The first-order valence-electron chi connectivity index (χ1n) is 10.5. The van der Waals surface area contributed by atoms with E-state index in [1.807, 2.05) is 32.3 Å². The molecular formula is C22H30N4O2S. The molecule has 2 aromatic heterocycles. The summed E-state index contributed by atoms with van der Waals surface area (Å²) in [5, 5.41) is 7.98. The molecule has 5 atom stereocenters. The van der Waals surface area contributed by atoms with Gasteiger partial charge in [-0.25, -0.2) is 0 Å². The highest BCUT2D eigenvalue weighted by molar-refractivity contribution is 8.00. The number of fused-ring (bicyclic) bond motifs is 1. The molecule has 0 bridgehead atoms. The predicted octanol–water partition coefficient (Wildman–Crippen LogP) is 2.89. The van der Waals surface area contributed by atoms with Crippen LogP contribution in [-0.2, 0) is 11.8 Å². The first-order chi connectivity index (χ1) is 13.8. The molecule has 2 fully saturated rings. The van der Waals surface area contributed by atoms with E-state index in [1.165, 1.54) is 0 Å². The van der Waals surface area contributed by atoms with Gasteiger partial charge in [0.1, 0.15) is 5.50 Å². The number of carbonyl (C=O) groups is 1. The number of thioether (sulfide) groups is 1. The third kappa shape index (κ3) is 4.08. The van der Waals surface area contributed by atoms with Crippen LogP contribution in [0, 0.1) is 18.8 Å². The fourth-order valence-electron chi connectivity index (χ4n) is 4.68. The number of hydrogen-bond donors (Lipinski definition) is 2. The second-order valence-corrected chi connectivity index (χ2v) is 10.2. The van der Waals surface area contributed by atoms with Crippen LogP contribution < -0.4 is 16.2 Å². The molecule has 5 unspecified atom stereocenters. The van der Waals surface area contributed by atoms with Crippen LogP contribution in [-0.4, -0.2) is 32.8 Å². The van der Waals surface area contributed by atoms with E-state index in [2.05, 4.69) is 29.5 Å². The zero-order valence-corrected chi connectivity index (χ0v) is 18.4. The van der Waals surface area contributed by atoms with E-state index in [1.54, 1.807) is 16.3 Å².